The lowest BCUT2D eigenvalue weighted by atomic mass is 9.84. The lowest BCUT2D eigenvalue weighted by Crippen LogP contribution is -2.59. The van der Waals surface area contributed by atoms with Gasteiger partial charge in [0.1, 0.15) is 17.5 Å². The molecule has 0 spiro atoms. The van der Waals surface area contributed by atoms with Gasteiger partial charge in [-0.25, -0.2) is 9.37 Å². The van der Waals surface area contributed by atoms with Crippen molar-refractivity contribution in [3.8, 4) is 34.0 Å². The number of fused-ring (bicyclic) bond motifs is 3. The fraction of sp³-hybridized carbons (Fsp3) is 0.320. The monoisotopic (exact) mass is 445 g/mol. The van der Waals surface area contributed by atoms with E-state index >= 15 is 0 Å². The molecule has 2 unspecified atom stereocenters. The lowest BCUT2D eigenvalue weighted by molar-refractivity contribution is 0.00652. The highest BCUT2D eigenvalue weighted by atomic mass is 19.1. The molecule has 0 saturated carbocycles. The molecule has 6 rings (SSSR count). The molecule has 0 radical (unpaired) electrons. The number of phenolic OH excluding ortho intramolecular Hbond substituents is 1. The number of nitrogens with one attached hydrogen (secondary N) is 1. The molecule has 3 aromatic heterocycles. The third-order valence-electron chi connectivity index (χ3n) is 6.68. The third kappa shape index (κ3) is 3.80. The van der Waals surface area contributed by atoms with Crippen LogP contribution in [0.25, 0.3) is 28.0 Å². The maximum absolute atomic E-state index is 14.8. The van der Waals surface area contributed by atoms with E-state index in [0.29, 0.717) is 29.6 Å². The van der Waals surface area contributed by atoms with Crippen LogP contribution in [0.5, 0.6) is 11.6 Å². The molecule has 2 saturated heterocycles. The molecule has 33 heavy (non-hydrogen) atoms. The van der Waals surface area contributed by atoms with Crippen LogP contribution in [-0.4, -0.2) is 49.0 Å². The Labute approximate surface area is 190 Å². The van der Waals surface area contributed by atoms with E-state index in [1.807, 2.05) is 41.1 Å². The maximum atomic E-state index is 14.8. The maximum Gasteiger partial charge on any atom is 0.233 e. The average molecular weight is 445 g/mol. The predicted octanol–water partition coefficient (Wildman–Crippen LogP) is 4.16. The molecule has 1 aromatic carbocycles. The number of hydrogen-bond acceptors (Lipinski definition) is 6. The van der Waals surface area contributed by atoms with Gasteiger partial charge in [-0.15, -0.1) is 10.2 Å². The number of nitrogens with zero attached hydrogens (tertiary/aromatic N) is 4. The summed E-state index contributed by atoms with van der Waals surface area (Å²) in [6.07, 6.45) is 7.62. The Balaban J connectivity index is 1.20. The number of alkyl halides is 1. The average Bonchev–Trinajstić information content (AvgIpc) is 3.31. The smallest absolute Gasteiger partial charge is 0.233 e. The molecule has 2 fully saturated rings. The van der Waals surface area contributed by atoms with Crippen molar-refractivity contribution in [2.45, 2.75) is 50.0 Å². The molecule has 4 atom stereocenters. The summed E-state index contributed by atoms with van der Waals surface area (Å²) in [6, 6.07) is 13.0. The number of pyridine rings is 1. The van der Waals surface area contributed by atoms with E-state index in [4.69, 9.17) is 4.74 Å². The first-order valence-corrected chi connectivity index (χ1v) is 11.3. The number of aromatic hydroxyl groups is 1. The molecule has 0 amide bonds. The molecule has 2 aliphatic rings. The molecule has 2 aliphatic heterocycles. The fourth-order valence-electron chi connectivity index (χ4n) is 4.97. The van der Waals surface area contributed by atoms with Crippen LogP contribution >= 0.6 is 0 Å². The van der Waals surface area contributed by atoms with Crippen LogP contribution < -0.4 is 10.1 Å². The number of phenols is 1. The Morgan fingerprint density at radius 2 is 1.97 bits per heavy atom. The molecular weight excluding hydrogens is 421 g/mol. The number of ether oxygens (including phenoxy) is 1. The number of benzene rings is 1. The van der Waals surface area contributed by atoms with E-state index in [1.54, 1.807) is 24.4 Å². The van der Waals surface area contributed by atoms with Crippen LogP contribution in [0, 0.1) is 0 Å². The van der Waals surface area contributed by atoms with Gasteiger partial charge in [0.15, 0.2) is 6.17 Å². The SMILES string of the molecule is Oc1cc(-c2ccc3nccn3c2)ccc1-c1ccc(O[C@@H]2CC3CCCC(N3)[C@@H]2F)nn1. The first-order chi connectivity index (χ1) is 16.1. The lowest BCUT2D eigenvalue weighted by Gasteiger charge is -2.42. The number of aromatic nitrogens is 4. The summed E-state index contributed by atoms with van der Waals surface area (Å²) in [5, 5.41) is 22.4. The Hall–Kier alpha value is -3.52. The van der Waals surface area contributed by atoms with Crippen LogP contribution in [0.1, 0.15) is 25.7 Å². The summed E-state index contributed by atoms with van der Waals surface area (Å²) >= 11 is 0. The highest BCUT2D eigenvalue weighted by Crippen LogP contribution is 2.34. The first kappa shape index (κ1) is 20.1. The van der Waals surface area contributed by atoms with Crippen molar-refractivity contribution in [3.63, 3.8) is 0 Å². The van der Waals surface area contributed by atoms with Gasteiger partial charge in [0.2, 0.25) is 5.88 Å². The second-order valence-corrected chi connectivity index (χ2v) is 8.84. The quantitative estimate of drug-likeness (QED) is 0.491. The van der Waals surface area contributed by atoms with E-state index in [9.17, 15) is 9.50 Å². The van der Waals surface area contributed by atoms with Gasteiger partial charge in [-0.3, -0.25) is 0 Å². The number of imidazole rings is 1. The molecule has 2 bridgehead atoms. The third-order valence-corrected chi connectivity index (χ3v) is 6.68. The van der Waals surface area contributed by atoms with Gasteiger partial charge in [-0.2, -0.15) is 0 Å². The summed E-state index contributed by atoms with van der Waals surface area (Å²) in [5.41, 5.74) is 3.80. The van der Waals surface area contributed by atoms with Crippen LogP contribution in [0.4, 0.5) is 4.39 Å². The van der Waals surface area contributed by atoms with Crippen molar-refractivity contribution < 1.29 is 14.2 Å². The van der Waals surface area contributed by atoms with E-state index in [2.05, 4.69) is 20.5 Å². The number of hydrogen-bond donors (Lipinski definition) is 2. The van der Waals surface area contributed by atoms with Crippen LogP contribution in [0.2, 0.25) is 0 Å². The van der Waals surface area contributed by atoms with Gasteiger partial charge in [-0.05, 0) is 54.3 Å². The molecule has 0 aliphatic carbocycles. The zero-order valence-corrected chi connectivity index (χ0v) is 17.9. The standard InChI is InChI=1S/C25H24FN5O2/c26-25-20-3-1-2-17(28-20)13-22(25)33-24-9-7-19(29-30-24)18-6-4-15(12-21(18)32)16-5-8-23-27-10-11-31(23)14-16/h4-12,14,17,20,22,25,28,32H,1-3,13H2/t17?,20?,22-,25+/m1/s1. The topological polar surface area (TPSA) is 84.6 Å². The van der Waals surface area contributed by atoms with Crippen molar-refractivity contribution in [2.75, 3.05) is 0 Å². The minimum absolute atomic E-state index is 0.108. The summed E-state index contributed by atoms with van der Waals surface area (Å²) in [7, 11) is 0. The van der Waals surface area contributed by atoms with Crippen molar-refractivity contribution in [2.24, 2.45) is 0 Å². The van der Waals surface area contributed by atoms with Gasteiger partial charge in [0, 0.05) is 48.7 Å². The first-order valence-electron chi connectivity index (χ1n) is 11.3. The molecule has 168 valence electrons. The fourth-order valence-corrected chi connectivity index (χ4v) is 4.97. The summed E-state index contributed by atoms with van der Waals surface area (Å²) < 4.78 is 22.6. The number of halogens is 1. The predicted molar refractivity (Wildman–Crippen MR) is 122 cm³/mol. The number of piperidine rings is 2. The second kappa shape index (κ2) is 8.12. The van der Waals surface area contributed by atoms with Gasteiger partial charge in [0.25, 0.3) is 0 Å². The minimum atomic E-state index is -1.05. The van der Waals surface area contributed by atoms with Gasteiger partial charge in [-0.1, -0.05) is 12.5 Å². The summed E-state index contributed by atoms with van der Waals surface area (Å²) in [5.74, 6) is 0.410. The van der Waals surface area contributed by atoms with Crippen molar-refractivity contribution in [3.05, 3.63) is 61.1 Å². The van der Waals surface area contributed by atoms with E-state index in [0.717, 1.165) is 36.0 Å². The van der Waals surface area contributed by atoms with Crippen LogP contribution in [0.3, 0.4) is 0 Å². The van der Waals surface area contributed by atoms with Crippen LogP contribution in [-0.2, 0) is 0 Å². The number of rotatable bonds is 4. The Kier molecular flexibility index (Phi) is 4.95. The molecule has 8 heteroatoms. The normalized spacial score (nSPS) is 24.6. The van der Waals surface area contributed by atoms with Gasteiger partial charge in [0.05, 0.1) is 5.69 Å². The Morgan fingerprint density at radius 3 is 2.82 bits per heavy atom. The van der Waals surface area contributed by atoms with Gasteiger partial charge >= 0.3 is 0 Å². The second-order valence-electron chi connectivity index (χ2n) is 8.84. The zero-order chi connectivity index (χ0) is 22.4. The highest BCUT2D eigenvalue weighted by Gasteiger charge is 2.41. The Bertz CT molecular complexity index is 1290. The van der Waals surface area contributed by atoms with E-state index < -0.39 is 12.3 Å². The molecule has 7 nitrogen and oxygen atoms in total. The summed E-state index contributed by atoms with van der Waals surface area (Å²) in [6.45, 7) is 0. The van der Waals surface area contributed by atoms with Crippen molar-refractivity contribution in [1.82, 2.24) is 24.9 Å². The van der Waals surface area contributed by atoms with E-state index in [1.165, 1.54) is 0 Å². The van der Waals surface area contributed by atoms with E-state index in [-0.39, 0.29) is 11.8 Å². The van der Waals surface area contributed by atoms with Crippen LogP contribution in [0.15, 0.2) is 61.1 Å². The van der Waals surface area contributed by atoms with Crippen molar-refractivity contribution >= 4 is 5.65 Å². The summed E-state index contributed by atoms with van der Waals surface area (Å²) in [4.78, 5) is 4.25. The molecule has 2 N–H and O–H groups in total. The largest absolute Gasteiger partial charge is 0.507 e. The van der Waals surface area contributed by atoms with Gasteiger partial charge < -0.3 is 19.6 Å². The highest BCUT2D eigenvalue weighted by molar-refractivity contribution is 5.74. The Morgan fingerprint density at radius 1 is 1.06 bits per heavy atom. The minimum Gasteiger partial charge on any atom is -0.507 e. The molecule has 5 heterocycles. The van der Waals surface area contributed by atoms with Crippen molar-refractivity contribution in [1.29, 1.82) is 0 Å². The molecule has 4 aromatic rings. The molecular formula is C25H24FN5O2. The zero-order valence-electron chi connectivity index (χ0n) is 17.9.